The van der Waals surface area contributed by atoms with Gasteiger partial charge in [-0.05, 0) is 60.9 Å². The molecule has 0 radical (unpaired) electrons. The molecule has 4 aromatic rings. The van der Waals surface area contributed by atoms with E-state index in [0.29, 0.717) is 5.69 Å². The van der Waals surface area contributed by atoms with Crippen LogP contribution in [0.5, 0.6) is 0 Å². The third-order valence-corrected chi connectivity index (χ3v) is 6.78. The Labute approximate surface area is 200 Å². The summed E-state index contributed by atoms with van der Waals surface area (Å²) in [4.78, 5) is 27.4. The zero-order valence-electron chi connectivity index (χ0n) is 18.7. The fourth-order valence-corrected chi connectivity index (χ4v) is 4.79. The Morgan fingerprint density at radius 2 is 1.71 bits per heavy atom. The van der Waals surface area contributed by atoms with E-state index in [1.165, 1.54) is 12.1 Å². The van der Waals surface area contributed by atoms with Crippen molar-refractivity contribution in [2.24, 2.45) is 0 Å². The molecule has 1 saturated heterocycles. The van der Waals surface area contributed by atoms with Crippen LogP contribution in [-0.4, -0.2) is 33.3 Å². The number of hydrogen-bond acceptors (Lipinski definition) is 3. The van der Waals surface area contributed by atoms with Crippen LogP contribution in [-0.2, 0) is 9.59 Å². The number of rotatable bonds is 5. The zero-order chi connectivity index (χ0) is 24.2. The van der Waals surface area contributed by atoms with E-state index in [1.807, 2.05) is 48.5 Å². The molecule has 1 aliphatic carbocycles. The molecule has 2 atom stereocenters. The largest absolute Gasteiger partial charge is 0.348 e. The van der Waals surface area contributed by atoms with Gasteiger partial charge >= 0.3 is 0 Å². The molecule has 2 amide bonds. The van der Waals surface area contributed by atoms with Crippen molar-refractivity contribution in [1.29, 1.82) is 0 Å². The first kappa shape index (κ1) is 21.5. The highest BCUT2D eigenvalue weighted by molar-refractivity contribution is 6.00. The number of fused-ring (bicyclic) bond motifs is 1. The Morgan fingerprint density at radius 3 is 2.43 bits per heavy atom. The lowest BCUT2D eigenvalue weighted by molar-refractivity contribution is -0.128. The molecule has 0 spiro atoms. The first-order valence-electron chi connectivity index (χ1n) is 11.5. The molecular weight excluding hydrogens is 450 g/mol. The number of anilines is 1. The standard InChI is InChI=1S/C27H22F2N4O2/c28-19-6-8-20(9-7-19)33-23-11-10-21(14-18(23)16-30-33)32-24(34)15-22(31-26(35)27(29)12-13-27)25(32)17-4-2-1-3-5-17/h1-11,14,16,22,25H,12-13,15H2,(H,31,35)/t22-,25+/m0/s1. The van der Waals surface area contributed by atoms with Crippen molar-refractivity contribution in [2.75, 3.05) is 4.90 Å². The quantitative estimate of drug-likeness (QED) is 0.461. The number of nitrogens with zero attached hydrogens (tertiary/aromatic N) is 3. The molecule has 176 valence electrons. The molecular formula is C27H22F2N4O2. The van der Waals surface area contributed by atoms with Crippen LogP contribution in [0.3, 0.4) is 0 Å². The number of aromatic nitrogens is 2. The Hall–Kier alpha value is -4.07. The fourth-order valence-electron chi connectivity index (χ4n) is 4.79. The van der Waals surface area contributed by atoms with Crippen molar-refractivity contribution in [2.45, 2.75) is 37.0 Å². The maximum absolute atomic E-state index is 14.4. The molecule has 2 aliphatic rings. The minimum absolute atomic E-state index is 0.0776. The summed E-state index contributed by atoms with van der Waals surface area (Å²) in [5, 5.41) is 8.05. The summed E-state index contributed by atoms with van der Waals surface area (Å²) in [6, 6.07) is 20.0. The summed E-state index contributed by atoms with van der Waals surface area (Å²) in [6.07, 6.45) is 2.20. The Kier molecular flexibility index (Phi) is 4.91. The van der Waals surface area contributed by atoms with Gasteiger partial charge in [-0.15, -0.1) is 0 Å². The van der Waals surface area contributed by atoms with Gasteiger partial charge in [-0.2, -0.15) is 5.10 Å². The summed E-state index contributed by atoms with van der Waals surface area (Å²) in [5.74, 6) is -1.12. The van der Waals surface area contributed by atoms with Crippen molar-refractivity contribution in [3.63, 3.8) is 0 Å². The van der Waals surface area contributed by atoms with E-state index in [0.717, 1.165) is 22.2 Å². The second kappa shape index (κ2) is 8.01. The second-order valence-electron chi connectivity index (χ2n) is 9.14. The lowest BCUT2D eigenvalue weighted by Crippen LogP contribution is -2.44. The van der Waals surface area contributed by atoms with Gasteiger partial charge in [0.2, 0.25) is 5.91 Å². The molecule has 8 heteroatoms. The van der Waals surface area contributed by atoms with E-state index in [1.54, 1.807) is 27.9 Å². The highest BCUT2D eigenvalue weighted by atomic mass is 19.1. The van der Waals surface area contributed by atoms with Crippen LogP contribution in [0.2, 0.25) is 0 Å². The monoisotopic (exact) mass is 472 g/mol. The highest BCUT2D eigenvalue weighted by Crippen LogP contribution is 2.42. The molecule has 35 heavy (non-hydrogen) atoms. The van der Waals surface area contributed by atoms with Gasteiger partial charge in [-0.1, -0.05) is 30.3 Å². The van der Waals surface area contributed by atoms with E-state index in [9.17, 15) is 18.4 Å². The maximum Gasteiger partial charge on any atom is 0.257 e. The molecule has 1 saturated carbocycles. The van der Waals surface area contributed by atoms with Crippen LogP contribution in [0.15, 0.2) is 79.0 Å². The number of halogens is 2. The summed E-state index contributed by atoms with van der Waals surface area (Å²) >= 11 is 0. The maximum atomic E-state index is 14.4. The van der Waals surface area contributed by atoms with Gasteiger partial charge < -0.3 is 10.2 Å². The van der Waals surface area contributed by atoms with Gasteiger partial charge in [0.05, 0.1) is 29.5 Å². The second-order valence-corrected chi connectivity index (χ2v) is 9.14. The van der Waals surface area contributed by atoms with Gasteiger partial charge in [0, 0.05) is 17.5 Å². The van der Waals surface area contributed by atoms with Crippen LogP contribution in [0.4, 0.5) is 14.5 Å². The molecule has 3 aromatic carbocycles. The van der Waals surface area contributed by atoms with Crippen molar-refractivity contribution in [1.82, 2.24) is 15.1 Å². The summed E-state index contributed by atoms with van der Waals surface area (Å²) in [5.41, 5.74) is 1.23. The Morgan fingerprint density at radius 1 is 1.00 bits per heavy atom. The topological polar surface area (TPSA) is 67.2 Å². The van der Waals surface area contributed by atoms with Crippen LogP contribution < -0.4 is 10.2 Å². The van der Waals surface area contributed by atoms with Gasteiger partial charge in [0.25, 0.3) is 5.91 Å². The predicted molar refractivity (Wildman–Crippen MR) is 127 cm³/mol. The van der Waals surface area contributed by atoms with Gasteiger partial charge in [-0.25, -0.2) is 13.5 Å². The number of benzene rings is 3. The lowest BCUT2D eigenvalue weighted by atomic mass is 9.99. The fraction of sp³-hybridized carbons (Fsp3) is 0.222. The molecule has 0 bridgehead atoms. The van der Waals surface area contributed by atoms with E-state index >= 15 is 0 Å². The van der Waals surface area contributed by atoms with Crippen molar-refractivity contribution >= 4 is 28.4 Å². The molecule has 1 aliphatic heterocycles. The molecule has 2 fully saturated rings. The summed E-state index contributed by atoms with van der Waals surface area (Å²) in [7, 11) is 0. The number of carbonyl (C=O) groups excluding carboxylic acids is 2. The third kappa shape index (κ3) is 3.75. The van der Waals surface area contributed by atoms with Crippen molar-refractivity contribution < 1.29 is 18.4 Å². The number of amides is 2. The first-order chi connectivity index (χ1) is 16.9. The van der Waals surface area contributed by atoms with Gasteiger partial charge in [0.15, 0.2) is 5.67 Å². The average Bonchev–Trinajstić information content (AvgIpc) is 3.35. The van der Waals surface area contributed by atoms with E-state index < -0.39 is 23.7 Å². The molecule has 6 rings (SSSR count). The first-order valence-corrected chi connectivity index (χ1v) is 11.5. The predicted octanol–water partition coefficient (Wildman–Crippen LogP) is 4.63. The number of nitrogens with one attached hydrogen (secondary N) is 1. The molecule has 6 nitrogen and oxygen atoms in total. The van der Waals surface area contributed by atoms with E-state index in [-0.39, 0.29) is 31.0 Å². The van der Waals surface area contributed by atoms with Gasteiger partial charge in [-0.3, -0.25) is 9.59 Å². The Balaban J connectivity index is 1.37. The number of alkyl halides is 1. The molecule has 1 aromatic heterocycles. The third-order valence-electron chi connectivity index (χ3n) is 6.78. The summed E-state index contributed by atoms with van der Waals surface area (Å²) < 4.78 is 29.4. The SMILES string of the molecule is O=C1C[C@H](NC(=O)C2(F)CC2)[C@@H](c2ccccc2)N1c1ccc2c(cnn2-c2ccc(F)cc2)c1. The minimum Gasteiger partial charge on any atom is -0.348 e. The zero-order valence-corrected chi connectivity index (χ0v) is 18.7. The average molecular weight is 472 g/mol. The Bertz CT molecular complexity index is 1430. The minimum atomic E-state index is -1.81. The van der Waals surface area contributed by atoms with Crippen LogP contribution in [0, 0.1) is 5.82 Å². The van der Waals surface area contributed by atoms with Crippen molar-refractivity contribution in [3.05, 3.63) is 90.4 Å². The van der Waals surface area contributed by atoms with Crippen LogP contribution >= 0.6 is 0 Å². The summed E-state index contributed by atoms with van der Waals surface area (Å²) in [6.45, 7) is 0. The number of carbonyl (C=O) groups is 2. The number of hydrogen-bond donors (Lipinski definition) is 1. The molecule has 1 N–H and O–H groups in total. The smallest absolute Gasteiger partial charge is 0.257 e. The van der Waals surface area contributed by atoms with Gasteiger partial charge in [0.1, 0.15) is 5.82 Å². The van der Waals surface area contributed by atoms with Crippen LogP contribution in [0.1, 0.15) is 30.9 Å². The van der Waals surface area contributed by atoms with Crippen LogP contribution in [0.25, 0.3) is 16.6 Å². The normalized spacial score (nSPS) is 20.9. The lowest BCUT2D eigenvalue weighted by Gasteiger charge is -2.29. The van der Waals surface area contributed by atoms with E-state index in [4.69, 9.17) is 0 Å². The highest BCUT2D eigenvalue weighted by Gasteiger charge is 2.53. The van der Waals surface area contributed by atoms with E-state index in [2.05, 4.69) is 10.4 Å². The molecule has 0 unspecified atom stereocenters. The molecule has 2 heterocycles. The van der Waals surface area contributed by atoms with Crippen molar-refractivity contribution in [3.8, 4) is 5.69 Å².